The summed E-state index contributed by atoms with van der Waals surface area (Å²) in [4.78, 5) is 24.8. The molecule has 0 aromatic heterocycles. The average Bonchev–Trinajstić information content (AvgIpc) is 2.90. The third-order valence-electron chi connectivity index (χ3n) is 12.9. The van der Waals surface area contributed by atoms with Gasteiger partial charge in [0.2, 0.25) is 0 Å². The standard InChI is InChI=1S/C32H50O3/c1-20(33)35-27-15-18-32(8)24(29(27,4)5)13-16-30(6)19-21-9-11-23-28(2,3)26(34)14-17-31(23,7)22(21)10-12-25(30)32/h9,22-25,27H,10-19H2,1-8H3/t22-,23-,24-,25-,27+,30-,31+,32-/m0/s1. The Balaban J connectivity index is 1.47. The molecule has 35 heavy (non-hydrogen) atoms. The fourth-order valence-corrected chi connectivity index (χ4v) is 11.2. The summed E-state index contributed by atoms with van der Waals surface area (Å²) in [6, 6.07) is 0. The van der Waals surface area contributed by atoms with Crippen LogP contribution in [0.3, 0.4) is 0 Å². The van der Waals surface area contributed by atoms with Gasteiger partial charge in [0.15, 0.2) is 0 Å². The number of ether oxygens (including phenoxy) is 1. The lowest BCUT2D eigenvalue weighted by Gasteiger charge is -2.64. The van der Waals surface area contributed by atoms with Gasteiger partial charge in [-0.2, -0.15) is 0 Å². The van der Waals surface area contributed by atoms with Crippen LogP contribution in [0.15, 0.2) is 11.6 Å². The molecule has 0 heterocycles. The molecular weight excluding hydrogens is 432 g/mol. The Kier molecular flexibility index (Phi) is 5.79. The highest BCUT2D eigenvalue weighted by molar-refractivity contribution is 5.85. The predicted octanol–water partition coefficient (Wildman–Crippen LogP) is 7.92. The van der Waals surface area contributed by atoms with E-state index in [4.69, 9.17) is 4.74 Å². The third kappa shape index (κ3) is 3.56. The molecule has 0 N–H and O–H groups in total. The highest BCUT2D eigenvalue weighted by atomic mass is 16.5. The maximum atomic E-state index is 12.9. The van der Waals surface area contributed by atoms with Crippen LogP contribution in [0.1, 0.15) is 120 Å². The van der Waals surface area contributed by atoms with E-state index < -0.39 is 0 Å². The lowest BCUT2D eigenvalue weighted by atomic mass is 9.42. The maximum Gasteiger partial charge on any atom is 0.302 e. The van der Waals surface area contributed by atoms with Crippen molar-refractivity contribution < 1.29 is 14.3 Å². The Hall–Kier alpha value is -1.12. The second-order valence-electron chi connectivity index (χ2n) is 15.3. The van der Waals surface area contributed by atoms with E-state index in [1.165, 1.54) is 38.5 Å². The van der Waals surface area contributed by atoms with E-state index in [0.717, 1.165) is 25.7 Å². The number of hydrogen-bond acceptors (Lipinski definition) is 3. The molecule has 4 saturated carbocycles. The van der Waals surface area contributed by atoms with E-state index in [0.29, 0.717) is 40.3 Å². The first-order chi connectivity index (χ1) is 16.2. The van der Waals surface area contributed by atoms with Gasteiger partial charge in [-0.15, -0.1) is 0 Å². The molecule has 0 saturated heterocycles. The van der Waals surface area contributed by atoms with Gasteiger partial charge in [0.25, 0.3) is 0 Å². The molecule has 4 fully saturated rings. The van der Waals surface area contributed by atoms with Gasteiger partial charge in [-0.1, -0.05) is 60.1 Å². The number of rotatable bonds is 1. The first kappa shape index (κ1) is 25.5. The smallest absolute Gasteiger partial charge is 0.302 e. The highest BCUT2D eigenvalue weighted by Gasteiger charge is 2.63. The SMILES string of the molecule is CC(=O)O[C@@H]1CC[C@@]2(C)[C@@H](CC[C@@]3(C)CC4=CC[C@H]5C(C)(C)C(=O)CC[C@]5(C)[C@H]4CC[C@@H]32)C1(C)C. The van der Waals surface area contributed by atoms with E-state index in [1.807, 2.05) is 0 Å². The van der Waals surface area contributed by atoms with Crippen molar-refractivity contribution in [1.82, 2.24) is 0 Å². The fourth-order valence-electron chi connectivity index (χ4n) is 11.2. The lowest BCUT2D eigenvalue weighted by Crippen LogP contribution is -2.59. The Morgan fingerprint density at radius 3 is 2.26 bits per heavy atom. The number of carbonyl (C=O) groups is 2. The van der Waals surface area contributed by atoms with E-state index >= 15 is 0 Å². The van der Waals surface area contributed by atoms with Crippen LogP contribution in [0.25, 0.3) is 0 Å². The second kappa shape index (κ2) is 7.94. The number of carbonyl (C=O) groups excluding carboxylic acids is 2. The minimum Gasteiger partial charge on any atom is -0.462 e. The van der Waals surface area contributed by atoms with E-state index in [2.05, 4.69) is 54.5 Å². The van der Waals surface area contributed by atoms with Crippen molar-refractivity contribution in [3.8, 4) is 0 Å². The van der Waals surface area contributed by atoms with Gasteiger partial charge < -0.3 is 4.74 Å². The first-order valence-corrected chi connectivity index (χ1v) is 14.6. The summed E-state index contributed by atoms with van der Waals surface area (Å²) in [5, 5.41) is 0. The molecule has 0 amide bonds. The van der Waals surface area contributed by atoms with Crippen LogP contribution in [0.5, 0.6) is 0 Å². The molecular formula is C32H50O3. The fraction of sp³-hybridized carbons (Fsp3) is 0.875. The molecule has 5 aliphatic rings. The van der Waals surface area contributed by atoms with Crippen molar-refractivity contribution in [1.29, 1.82) is 0 Å². The number of esters is 1. The maximum absolute atomic E-state index is 12.9. The van der Waals surface area contributed by atoms with E-state index in [-0.39, 0.29) is 28.3 Å². The Morgan fingerprint density at radius 1 is 0.857 bits per heavy atom. The zero-order chi connectivity index (χ0) is 25.6. The normalized spacial score (nSPS) is 48.3. The number of hydrogen-bond donors (Lipinski definition) is 0. The van der Waals surface area contributed by atoms with Gasteiger partial charge in [0, 0.05) is 24.2 Å². The first-order valence-electron chi connectivity index (χ1n) is 14.6. The van der Waals surface area contributed by atoms with Gasteiger partial charge in [-0.3, -0.25) is 9.59 Å². The zero-order valence-electron chi connectivity index (χ0n) is 23.8. The van der Waals surface area contributed by atoms with Gasteiger partial charge in [-0.05, 0) is 97.7 Å². The van der Waals surface area contributed by atoms with Gasteiger partial charge in [-0.25, -0.2) is 0 Å². The molecule has 3 nitrogen and oxygen atoms in total. The minimum atomic E-state index is -0.200. The molecule has 5 aliphatic carbocycles. The van der Waals surface area contributed by atoms with Crippen molar-refractivity contribution in [3.63, 3.8) is 0 Å². The molecule has 0 radical (unpaired) electrons. The molecule has 0 spiro atoms. The molecule has 3 heteroatoms. The van der Waals surface area contributed by atoms with E-state index in [1.54, 1.807) is 12.5 Å². The van der Waals surface area contributed by atoms with Crippen LogP contribution < -0.4 is 0 Å². The largest absolute Gasteiger partial charge is 0.462 e. The average molecular weight is 483 g/mol. The topological polar surface area (TPSA) is 43.4 Å². The summed E-state index contributed by atoms with van der Waals surface area (Å²) >= 11 is 0. The quantitative estimate of drug-likeness (QED) is 0.282. The molecule has 0 aliphatic heterocycles. The van der Waals surface area contributed by atoms with Crippen LogP contribution in [0, 0.1) is 50.7 Å². The molecule has 8 atom stereocenters. The van der Waals surface area contributed by atoms with Crippen LogP contribution >= 0.6 is 0 Å². The third-order valence-corrected chi connectivity index (χ3v) is 12.9. The van der Waals surface area contributed by atoms with Gasteiger partial charge in [0.1, 0.15) is 11.9 Å². The summed E-state index contributed by atoms with van der Waals surface area (Å²) in [6.07, 6.45) is 14.1. The molecule has 5 rings (SSSR count). The number of ketones is 1. The Bertz CT molecular complexity index is 942. The second-order valence-corrected chi connectivity index (χ2v) is 15.3. The summed E-state index contributed by atoms with van der Waals surface area (Å²) in [6.45, 7) is 18.5. The molecule has 196 valence electrons. The van der Waals surface area contributed by atoms with Crippen LogP contribution in [-0.4, -0.2) is 17.9 Å². The number of Topliss-reactive ketones (excluding diaryl/α,β-unsaturated/α-hetero) is 1. The van der Waals surface area contributed by atoms with Gasteiger partial charge in [0.05, 0.1) is 0 Å². The van der Waals surface area contributed by atoms with Crippen molar-refractivity contribution >= 4 is 11.8 Å². The lowest BCUT2D eigenvalue weighted by molar-refractivity contribution is -0.191. The molecule has 0 unspecified atom stereocenters. The summed E-state index contributed by atoms with van der Waals surface area (Å²) in [7, 11) is 0. The van der Waals surface area contributed by atoms with E-state index in [9.17, 15) is 9.59 Å². The highest BCUT2D eigenvalue weighted by Crippen LogP contribution is 2.70. The van der Waals surface area contributed by atoms with Crippen molar-refractivity contribution in [3.05, 3.63) is 11.6 Å². The van der Waals surface area contributed by atoms with Crippen LogP contribution in [0.4, 0.5) is 0 Å². The number of fused-ring (bicyclic) bond motifs is 6. The summed E-state index contributed by atoms with van der Waals surface area (Å²) in [5.74, 6) is 2.75. The molecule has 0 aromatic carbocycles. The predicted molar refractivity (Wildman–Crippen MR) is 141 cm³/mol. The zero-order valence-corrected chi connectivity index (χ0v) is 23.8. The van der Waals surface area contributed by atoms with Crippen LogP contribution in [-0.2, 0) is 14.3 Å². The Morgan fingerprint density at radius 2 is 1.57 bits per heavy atom. The summed E-state index contributed by atoms with van der Waals surface area (Å²) in [5.41, 5.74) is 2.44. The summed E-state index contributed by atoms with van der Waals surface area (Å²) < 4.78 is 5.89. The minimum absolute atomic E-state index is 0.0170. The van der Waals surface area contributed by atoms with Crippen molar-refractivity contribution in [2.45, 2.75) is 126 Å². The Labute approximate surface area is 214 Å². The van der Waals surface area contributed by atoms with Crippen LogP contribution in [0.2, 0.25) is 0 Å². The monoisotopic (exact) mass is 482 g/mol. The molecule has 0 aromatic rings. The molecule has 0 bridgehead atoms. The number of allylic oxidation sites excluding steroid dienone is 2. The van der Waals surface area contributed by atoms with Crippen molar-refractivity contribution in [2.24, 2.45) is 50.7 Å². The van der Waals surface area contributed by atoms with Gasteiger partial charge >= 0.3 is 5.97 Å². The van der Waals surface area contributed by atoms with Crippen molar-refractivity contribution in [2.75, 3.05) is 0 Å².